The molecule has 1 unspecified atom stereocenters. The van der Waals surface area contributed by atoms with Gasteiger partial charge in [0.2, 0.25) is 5.91 Å². The van der Waals surface area contributed by atoms with Gasteiger partial charge in [0.05, 0.1) is 5.92 Å². The number of allylic oxidation sites excluding steroid dienone is 3. The second-order valence-electron chi connectivity index (χ2n) is 6.89. The Labute approximate surface area is 137 Å². The van der Waals surface area contributed by atoms with Crippen LogP contribution < -0.4 is 11.1 Å². The van der Waals surface area contributed by atoms with Gasteiger partial charge in [0.25, 0.3) is 0 Å². The molecule has 1 amide bonds. The van der Waals surface area contributed by atoms with Crippen LogP contribution in [0.2, 0.25) is 0 Å². The van der Waals surface area contributed by atoms with E-state index in [1.165, 1.54) is 35.1 Å². The van der Waals surface area contributed by atoms with Crippen LogP contribution in [-0.4, -0.2) is 5.91 Å². The molecule has 23 heavy (non-hydrogen) atoms. The monoisotopic (exact) mass is 308 g/mol. The molecule has 0 aromatic heterocycles. The standard InChI is InChI=1S/C20H24N2O/c1-2-12-6-5-9-16-18(12)17(13-10-11-13)14-7-3-4-8-15(20(21)23)19(14)22-16/h5-6,9,15,22H,2-4,7-8,10-11H2,1H3,(H2,21,23). The van der Waals surface area contributed by atoms with E-state index in [2.05, 4.69) is 30.4 Å². The Morgan fingerprint density at radius 1 is 1.26 bits per heavy atom. The largest absolute Gasteiger partial charge is 0.369 e. The van der Waals surface area contributed by atoms with Gasteiger partial charge in [0.15, 0.2) is 0 Å². The maximum atomic E-state index is 12.0. The van der Waals surface area contributed by atoms with Crippen LogP contribution in [0, 0.1) is 5.92 Å². The quantitative estimate of drug-likeness (QED) is 0.862. The number of nitrogens with two attached hydrogens (primary N) is 1. The van der Waals surface area contributed by atoms with Crippen molar-refractivity contribution in [1.29, 1.82) is 0 Å². The molecule has 1 aromatic carbocycles. The van der Waals surface area contributed by atoms with Crippen molar-refractivity contribution in [1.82, 2.24) is 0 Å². The number of rotatable bonds is 2. The van der Waals surface area contributed by atoms with E-state index in [0.717, 1.165) is 43.5 Å². The number of aryl methyl sites for hydroxylation is 1. The lowest BCUT2D eigenvalue weighted by molar-refractivity contribution is -0.120. The van der Waals surface area contributed by atoms with E-state index >= 15 is 0 Å². The first-order valence-corrected chi connectivity index (χ1v) is 8.84. The molecule has 1 heterocycles. The molecule has 1 aromatic rings. The number of benzene rings is 1. The van der Waals surface area contributed by atoms with Gasteiger partial charge in [0, 0.05) is 16.9 Å². The van der Waals surface area contributed by atoms with Gasteiger partial charge >= 0.3 is 0 Å². The predicted octanol–water partition coefficient (Wildman–Crippen LogP) is 4.15. The number of hydrogen-bond donors (Lipinski definition) is 2. The fourth-order valence-electron chi connectivity index (χ4n) is 4.14. The SMILES string of the molecule is CCc1cccc2c1C(=C1CC1)C1=C(N2)C(C(N)=O)CCCC1. The number of primary amides is 1. The van der Waals surface area contributed by atoms with Gasteiger partial charge < -0.3 is 11.1 Å². The molecule has 1 aliphatic heterocycles. The molecule has 3 N–H and O–H groups in total. The van der Waals surface area contributed by atoms with Crippen LogP contribution in [-0.2, 0) is 11.2 Å². The Bertz CT molecular complexity index is 736. The highest BCUT2D eigenvalue weighted by Crippen LogP contribution is 2.50. The number of hydrogen-bond acceptors (Lipinski definition) is 2. The van der Waals surface area contributed by atoms with Crippen molar-refractivity contribution in [3.63, 3.8) is 0 Å². The summed E-state index contributed by atoms with van der Waals surface area (Å²) in [5.41, 5.74) is 15.1. The molecule has 0 spiro atoms. The molecule has 1 fully saturated rings. The van der Waals surface area contributed by atoms with Crippen LogP contribution in [0.1, 0.15) is 56.6 Å². The summed E-state index contributed by atoms with van der Waals surface area (Å²) in [6.45, 7) is 2.22. The highest BCUT2D eigenvalue weighted by Gasteiger charge is 2.35. The van der Waals surface area contributed by atoms with Crippen molar-refractivity contribution in [3.8, 4) is 0 Å². The van der Waals surface area contributed by atoms with Crippen molar-refractivity contribution < 1.29 is 4.79 Å². The average molecular weight is 308 g/mol. The number of carbonyl (C=O) groups excluding carboxylic acids is 1. The zero-order chi connectivity index (χ0) is 16.0. The number of anilines is 1. The van der Waals surface area contributed by atoms with Crippen LogP contribution in [0.15, 0.2) is 35.0 Å². The maximum absolute atomic E-state index is 12.0. The third kappa shape index (κ3) is 2.39. The molecule has 1 atom stereocenters. The summed E-state index contributed by atoms with van der Waals surface area (Å²) in [6, 6.07) is 6.49. The first-order valence-electron chi connectivity index (χ1n) is 8.84. The van der Waals surface area contributed by atoms with Crippen molar-refractivity contribution >= 4 is 17.2 Å². The number of nitrogens with one attached hydrogen (secondary N) is 1. The van der Waals surface area contributed by atoms with Crippen LogP contribution >= 0.6 is 0 Å². The molecule has 3 nitrogen and oxygen atoms in total. The molecule has 3 aliphatic rings. The molecule has 0 saturated heterocycles. The normalized spacial score (nSPS) is 22.9. The summed E-state index contributed by atoms with van der Waals surface area (Å²) in [5.74, 6) is -0.359. The fourth-order valence-corrected chi connectivity index (χ4v) is 4.14. The summed E-state index contributed by atoms with van der Waals surface area (Å²) < 4.78 is 0. The highest BCUT2D eigenvalue weighted by molar-refractivity contribution is 5.96. The first kappa shape index (κ1) is 14.6. The summed E-state index contributed by atoms with van der Waals surface area (Å²) in [4.78, 5) is 12.0. The molecule has 0 radical (unpaired) electrons. The molecule has 4 rings (SSSR count). The van der Waals surface area contributed by atoms with Crippen molar-refractivity contribution in [3.05, 3.63) is 46.2 Å². The number of carbonyl (C=O) groups is 1. The number of fused-ring (bicyclic) bond motifs is 1. The van der Waals surface area contributed by atoms with Gasteiger partial charge in [-0.05, 0) is 61.3 Å². The van der Waals surface area contributed by atoms with E-state index in [4.69, 9.17) is 5.73 Å². The Kier molecular flexibility index (Phi) is 3.51. The van der Waals surface area contributed by atoms with Crippen LogP contribution in [0.25, 0.3) is 5.57 Å². The third-order valence-electron chi connectivity index (χ3n) is 5.39. The number of amides is 1. The van der Waals surface area contributed by atoms with Gasteiger partial charge in [-0.15, -0.1) is 0 Å². The van der Waals surface area contributed by atoms with Gasteiger partial charge in [-0.25, -0.2) is 0 Å². The minimum absolute atomic E-state index is 0.166. The minimum Gasteiger partial charge on any atom is -0.369 e. The predicted molar refractivity (Wildman–Crippen MR) is 93.8 cm³/mol. The molecule has 3 heteroatoms. The molecular weight excluding hydrogens is 284 g/mol. The van der Waals surface area contributed by atoms with E-state index in [0.29, 0.717) is 0 Å². The van der Waals surface area contributed by atoms with E-state index < -0.39 is 0 Å². The lowest BCUT2D eigenvalue weighted by Gasteiger charge is -2.31. The zero-order valence-electron chi connectivity index (χ0n) is 13.7. The smallest absolute Gasteiger partial charge is 0.226 e. The van der Waals surface area contributed by atoms with Crippen molar-refractivity contribution in [2.75, 3.05) is 5.32 Å². The van der Waals surface area contributed by atoms with Gasteiger partial charge in [-0.3, -0.25) is 4.79 Å². The molecule has 2 aliphatic carbocycles. The Morgan fingerprint density at radius 2 is 2.09 bits per heavy atom. The lowest BCUT2D eigenvalue weighted by atomic mass is 9.83. The maximum Gasteiger partial charge on any atom is 0.226 e. The van der Waals surface area contributed by atoms with Crippen LogP contribution in [0.4, 0.5) is 5.69 Å². The molecule has 1 saturated carbocycles. The van der Waals surface area contributed by atoms with Gasteiger partial charge in [0.1, 0.15) is 0 Å². The van der Waals surface area contributed by atoms with E-state index in [1.807, 2.05) is 0 Å². The topological polar surface area (TPSA) is 55.1 Å². The van der Waals surface area contributed by atoms with Crippen molar-refractivity contribution in [2.24, 2.45) is 11.7 Å². The van der Waals surface area contributed by atoms with Crippen LogP contribution in [0.5, 0.6) is 0 Å². The summed E-state index contributed by atoms with van der Waals surface area (Å²) in [5, 5.41) is 3.60. The minimum atomic E-state index is -0.192. The molecule has 0 bridgehead atoms. The second-order valence-corrected chi connectivity index (χ2v) is 6.89. The Balaban J connectivity index is 1.94. The zero-order valence-corrected chi connectivity index (χ0v) is 13.7. The van der Waals surface area contributed by atoms with Crippen molar-refractivity contribution in [2.45, 2.75) is 51.9 Å². The van der Waals surface area contributed by atoms with E-state index in [1.54, 1.807) is 5.57 Å². The van der Waals surface area contributed by atoms with E-state index in [-0.39, 0.29) is 11.8 Å². The van der Waals surface area contributed by atoms with Crippen LogP contribution in [0.3, 0.4) is 0 Å². The average Bonchev–Trinajstić information content (AvgIpc) is 3.38. The summed E-state index contributed by atoms with van der Waals surface area (Å²) >= 11 is 0. The Hall–Kier alpha value is -2.03. The Morgan fingerprint density at radius 3 is 2.78 bits per heavy atom. The third-order valence-corrected chi connectivity index (χ3v) is 5.39. The summed E-state index contributed by atoms with van der Waals surface area (Å²) in [7, 11) is 0. The van der Waals surface area contributed by atoms with Gasteiger partial charge in [-0.2, -0.15) is 0 Å². The lowest BCUT2D eigenvalue weighted by Crippen LogP contribution is -2.30. The second kappa shape index (κ2) is 5.55. The first-order chi connectivity index (χ1) is 11.2. The summed E-state index contributed by atoms with van der Waals surface area (Å²) in [6.07, 6.45) is 7.57. The van der Waals surface area contributed by atoms with E-state index in [9.17, 15) is 4.79 Å². The fraction of sp³-hybridized carbons (Fsp3) is 0.450. The molecule has 120 valence electrons. The molecular formula is C20H24N2O. The highest BCUT2D eigenvalue weighted by atomic mass is 16.1. The van der Waals surface area contributed by atoms with Gasteiger partial charge in [-0.1, -0.05) is 31.1 Å².